The number of nitrogens with two attached hydrogens (primary N) is 1. The summed E-state index contributed by atoms with van der Waals surface area (Å²) in [7, 11) is 1.99. The van der Waals surface area contributed by atoms with Gasteiger partial charge in [-0.15, -0.1) is 0 Å². The lowest BCUT2D eigenvalue weighted by Gasteiger charge is -2.26. The molecule has 0 radical (unpaired) electrons. The molecular weight excluding hydrogens is 248 g/mol. The predicted octanol–water partition coefficient (Wildman–Crippen LogP) is 2.04. The van der Waals surface area contributed by atoms with E-state index >= 15 is 0 Å². The Morgan fingerprint density at radius 1 is 1.50 bits per heavy atom. The fourth-order valence-electron chi connectivity index (χ4n) is 1.53. The summed E-state index contributed by atoms with van der Waals surface area (Å²) in [6, 6.07) is 0.358. The van der Waals surface area contributed by atoms with Gasteiger partial charge in [0.25, 0.3) is 0 Å². The van der Waals surface area contributed by atoms with Gasteiger partial charge in [-0.25, -0.2) is 4.98 Å². The molecule has 18 heavy (non-hydrogen) atoms. The average molecular weight is 270 g/mol. The van der Waals surface area contributed by atoms with Crippen molar-refractivity contribution in [3.05, 3.63) is 6.33 Å². The lowest BCUT2D eigenvalue weighted by molar-refractivity contribution is 0.306. The van der Waals surface area contributed by atoms with Crippen LogP contribution in [0.5, 0.6) is 5.88 Å². The zero-order chi connectivity index (χ0) is 13.5. The number of ether oxygens (including phenoxy) is 1. The van der Waals surface area contributed by atoms with Gasteiger partial charge in [-0.2, -0.15) is 16.7 Å². The Hall–Kier alpha value is -1.17. The van der Waals surface area contributed by atoms with Crippen molar-refractivity contribution in [3.8, 4) is 5.88 Å². The molecule has 0 aliphatic carbocycles. The molecule has 0 saturated carbocycles. The summed E-state index contributed by atoms with van der Waals surface area (Å²) in [6.07, 6.45) is 4.51. The van der Waals surface area contributed by atoms with Gasteiger partial charge >= 0.3 is 0 Å². The fraction of sp³-hybridized carbons (Fsp3) is 0.667. The molecule has 1 aromatic heterocycles. The van der Waals surface area contributed by atoms with Gasteiger partial charge in [0.2, 0.25) is 5.88 Å². The Balaban J connectivity index is 2.88. The molecule has 0 fully saturated rings. The summed E-state index contributed by atoms with van der Waals surface area (Å²) < 4.78 is 5.51. The van der Waals surface area contributed by atoms with E-state index in [1.54, 1.807) is 11.8 Å². The molecule has 0 aliphatic rings. The minimum absolute atomic E-state index is 0.358. The van der Waals surface area contributed by atoms with E-state index in [0.717, 1.165) is 18.0 Å². The summed E-state index contributed by atoms with van der Waals surface area (Å²) in [4.78, 5) is 10.4. The molecule has 1 atom stereocenters. The van der Waals surface area contributed by atoms with Crippen LogP contribution in [0.1, 0.15) is 20.3 Å². The van der Waals surface area contributed by atoms with Crippen LogP contribution in [-0.4, -0.2) is 41.7 Å². The number of hydrogen-bond donors (Lipinski definition) is 1. The Labute approximate surface area is 113 Å². The Kier molecular flexibility index (Phi) is 6.04. The van der Waals surface area contributed by atoms with Crippen LogP contribution in [0.4, 0.5) is 11.5 Å². The van der Waals surface area contributed by atoms with Gasteiger partial charge in [-0.1, -0.05) is 6.92 Å². The highest BCUT2D eigenvalue weighted by Gasteiger charge is 2.17. The first kappa shape index (κ1) is 14.9. The first-order chi connectivity index (χ1) is 8.61. The van der Waals surface area contributed by atoms with Crippen LogP contribution in [0, 0.1) is 0 Å². The number of thioether (sulfide) groups is 1. The molecule has 5 nitrogen and oxygen atoms in total. The quantitative estimate of drug-likeness (QED) is 0.818. The maximum absolute atomic E-state index is 6.06. The lowest BCUT2D eigenvalue weighted by Crippen LogP contribution is -2.32. The van der Waals surface area contributed by atoms with Crippen molar-refractivity contribution in [2.24, 2.45) is 0 Å². The van der Waals surface area contributed by atoms with E-state index in [0.29, 0.717) is 24.2 Å². The molecule has 0 aliphatic heterocycles. The molecule has 0 aromatic carbocycles. The van der Waals surface area contributed by atoms with E-state index < -0.39 is 0 Å². The van der Waals surface area contributed by atoms with Gasteiger partial charge in [0, 0.05) is 18.8 Å². The fourth-order valence-corrected chi connectivity index (χ4v) is 2.23. The van der Waals surface area contributed by atoms with Crippen molar-refractivity contribution in [1.82, 2.24) is 9.97 Å². The summed E-state index contributed by atoms with van der Waals surface area (Å²) in [6.45, 7) is 4.81. The molecule has 1 aromatic rings. The molecule has 0 saturated heterocycles. The molecule has 1 rings (SSSR count). The number of aromatic nitrogens is 2. The minimum Gasteiger partial charge on any atom is -0.476 e. The van der Waals surface area contributed by atoms with Gasteiger partial charge in [-0.05, 0) is 19.6 Å². The highest BCUT2D eigenvalue weighted by molar-refractivity contribution is 7.98. The second kappa shape index (κ2) is 7.31. The van der Waals surface area contributed by atoms with Crippen molar-refractivity contribution in [2.75, 3.05) is 36.3 Å². The van der Waals surface area contributed by atoms with Crippen molar-refractivity contribution >= 4 is 23.3 Å². The Bertz CT molecular complexity index is 375. The molecule has 0 spiro atoms. The predicted molar refractivity (Wildman–Crippen MR) is 78.5 cm³/mol. The Morgan fingerprint density at radius 3 is 2.83 bits per heavy atom. The highest BCUT2D eigenvalue weighted by Crippen LogP contribution is 2.28. The third-order valence-electron chi connectivity index (χ3n) is 2.67. The van der Waals surface area contributed by atoms with E-state index in [-0.39, 0.29) is 0 Å². The zero-order valence-corrected chi connectivity index (χ0v) is 12.3. The summed E-state index contributed by atoms with van der Waals surface area (Å²) in [5, 5.41) is 0. The maximum Gasteiger partial charge on any atom is 0.242 e. The van der Waals surface area contributed by atoms with Gasteiger partial charge < -0.3 is 15.4 Å². The summed E-state index contributed by atoms with van der Waals surface area (Å²) in [5.41, 5.74) is 6.58. The second-order valence-corrected chi connectivity index (χ2v) is 5.09. The van der Waals surface area contributed by atoms with E-state index in [9.17, 15) is 0 Å². The monoisotopic (exact) mass is 270 g/mol. The lowest BCUT2D eigenvalue weighted by atomic mass is 10.3. The topological polar surface area (TPSA) is 64.3 Å². The van der Waals surface area contributed by atoms with Gasteiger partial charge in [0.1, 0.15) is 12.0 Å². The van der Waals surface area contributed by atoms with Crippen molar-refractivity contribution in [1.29, 1.82) is 0 Å². The number of anilines is 2. The smallest absolute Gasteiger partial charge is 0.242 e. The minimum atomic E-state index is 0.358. The zero-order valence-electron chi connectivity index (χ0n) is 11.5. The van der Waals surface area contributed by atoms with Crippen molar-refractivity contribution in [2.45, 2.75) is 26.3 Å². The third-order valence-corrected chi connectivity index (χ3v) is 3.49. The van der Waals surface area contributed by atoms with E-state index in [4.69, 9.17) is 10.5 Å². The summed E-state index contributed by atoms with van der Waals surface area (Å²) in [5.74, 6) is 2.23. The first-order valence-electron chi connectivity index (χ1n) is 6.06. The molecule has 1 unspecified atom stereocenters. The SMILES string of the molecule is CCCOc1ncnc(N(C)C(C)CSC)c1N. The van der Waals surface area contributed by atoms with Gasteiger partial charge in [0.15, 0.2) is 5.82 Å². The number of nitrogens with zero attached hydrogens (tertiary/aromatic N) is 3. The van der Waals surface area contributed by atoms with Gasteiger partial charge in [0.05, 0.1) is 6.61 Å². The number of hydrogen-bond acceptors (Lipinski definition) is 6. The normalized spacial score (nSPS) is 12.2. The Morgan fingerprint density at radius 2 is 2.22 bits per heavy atom. The molecule has 1 heterocycles. The van der Waals surface area contributed by atoms with E-state index in [2.05, 4.69) is 28.0 Å². The molecule has 2 N–H and O–H groups in total. The maximum atomic E-state index is 6.06. The van der Waals surface area contributed by atoms with Crippen LogP contribution in [-0.2, 0) is 0 Å². The molecule has 102 valence electrons. The van der Waals surface area contributed by atoms with Crippen LogP contribution in [0.2, 0.25) is 0 Å². The number of nitrogen functional groups attached to an aromatic ring is 1. The van der Waals surface area contributed by atoms with Gasteiger partial charge in [-0.3, -0.25) is 0 Å². The molecule has 0 amide bonds. The van der Waals surface area contributed by atoms with E-state index in [1.807, 2.05) is 14.0 Å². The van der Waals surface area contributed by atoms with Crippen LogP contribution in [0.15, 0.2) is 6.33 Å². The number of rotatable bonds is 7. The van der Waals surface area contributed by atoms with Crippen LogP contribution >= 0.6 is 11.8 Å². The molecule has 0 bridgehead atoms. The molecular formula is C12H22N4OS. The average Bonchev–Trinajstić information content (AvgIpc) is 2.37. The molecule has 6 heteroatoms. The standard InChI is InChI=1S/C12H22N4OS/c1-5-6-17-12-10(13)11(14-8-15-12)16(3)9(2)7-18-4/h8-9H,5-7,13H2,1-4H3. The summed E-state index contributed by atoms with van der Waals surface area (Å²) >= 11 is 1.80. The largest absolute Gasteiger partial charge is 0.476 e. The van der Waals surface area contributed by atoms with Crippen LogP contribution in [0.3, 0.4) is 0 Å². The van der Waals surface area contributed by atoms with Crippen molar-refractivity contribution < 1.29 is 4.74 Å². The van der Waals surface area contributed by atoms with Crippen LogP contribution < -0.4 is 15.4 Å². The second-order valence-electron chi connectivity index (χ2n) is 4.18. The van der Waals surface area contributed by atoms with Crippen molar-refractivity contribution in [3.63, 3.8) is 0 Å². The van der Waals surface area contributed by atoms with Crippen LogP contribution in [0.25, 0.3) is 0 Å². The highest BCUT2D eigenvalue weighted by atomic mass is 32.2. The first-order valence-corrected chi connectivity index (χ1v) is 7.46. The third kappa shape index (κ3) is 3.66. The van der Waals surface area contributed by atoms with E-state index in [1.165, 1.54) is 6.33 Å².